The number of carbonyl (C=O) groups is 2. The van der Waals surface area contributed by atoms with E-state index in [4.69, 9.17) is 24.7 Å². The van der Waals surface area contributed by atoms with Crippen LogP contribution in [0, 0.1) is 11.8 Å². The number of allylic oxidation sites excluding steroid dienone is 6. The predicted molar refractivity (Wildman–Crippen MR) is 179 cm³/mol. The molecule has 0 aromatic rings. The molecule has 14 nitrogen and oxygen atoms in total. The number of aliphatic hydroxyl groups is 6. The summed E-state index contributed by atoms with van der Waals surface area (Å²) in [6, 6.07) is -1.14. The lowest BCUT2D eigenvalue weighted by molar-refractivity contribution is -0.300. The van der Waals surface area contributed by atoms with Crippen molar-refractivity contribution in [3.8, 4) is 0 Å². The van der Waals surface area contributed by atoms with Crippen LogP contribution in [-0.2, 0) is 28.5 Å². The lowest BCUT2D eigenvalue weighted by Crippen LogP contribution is -2.56. The summed E-state index contributed by atoms with van der Waals surface area (Å²) in [5.74, 6) is -5.70. The number of methoxy groups -OCH3 is 1. The molecule has 13 atom stereocenters. The summed E-state index contributed by atoms with van der Waals surface area (Å²) >= 11 is 0. The first kappa shape index (κ1) is 42.4. The first-order chi connectivity index (χ1) is 23.1. The Morgan fingerprint density at radius 2 is 1.65 bits per heavy atom. The lowest BCUT2D eigenvalue weighted by atomic mass is 9.83. The fourth-order valence-corrected chi connectivity index (χ4v) is 5.55. The van der Waals surface area contributed by atoms with Crippen LogP contribution in [0.25, 0.3) is 0 Å². The van der Waals surface area contributed by atoms with Crippen LogP contribution in [0.1, 0.15) is 52.9 Å². The van der Waals surface area contributed by atoms with Crippen molar-refractivity contribution in [2.24, 2.45) is 17.6 Å². The van der Waals surface area contributed by atoms with Crippen molar-refractivity contribution < 1.29 is 64.3 Å². The van der Waals surface area contributed by atoms with Gasteiger partial charge in [-0.25, -0.2) is 4.79 Å². The average Bonchev–Trinajstić information content (AvgIpc) is 3.01. The molecule has 0 unspecified atom stereocenters. The molecule has 2 rings (SSSR count). The minimum absolute atomic E-state index is 0.00219. The summed E-state index contributed by atoms with van der Waals surface area (Å²) in [6.07, 6.45) is 5.10. The number of hydrogen-bond acceptors (Lipinski definition) is 13. The number of carbonyl (C=O) groups excluding carboxylic acids is 1. The zero-order valence-corrected chi connectivity index (χ0v) is 28.6. The molecule has 2 bridgehead atoms. The van der Waals surface area contributed by atoms with E-state index in [0.717, 1.165) is 0 Å². The van der Waals surface area contributed by atoms with Crippen LogP contribution in [0.15, 0.2) is 60.8 Å². The Morgan fingerprint density at radius 1 is 1.02 bits per heavy atom. The summed E-state index contributed by atoms with van der Waals surface area (Å²) in [5, 5.41) is 74.3. The molecule has 1 saturated heterocycles. The predicted octanol–water partition coefficient (Wildman–Crippen LogP) is 0.639. The quantitative estimate of drug-likeness (QED) is 0.163. The van der Waals surface area contributed by atoms with Crippen molar-refractivity contribution in [3.05, 3.63) is 60.8 Å². The number of aliphatic hydroxyl groups excluding tert-OH is 5. The third-order valence-electron chi connectivity index (χ3n) is 8.74. The molecule has 49 heavy (non-hydrogen) atoms. The van der Waals surface area contributed by atoms with Crippen LogP contribution < -0.4 is 5.73 Å². The molecule has 1 fully saturated rings. The van der Waals surface area contributed by atoms with Crippen LogP contribution in [0.5, 0.6) is 0 Å². The Labute approximate surface area is 287 Å². The highest BCUT2D eigenvalue weighted by molar-refractivity contribution is 5.82. The molecule has 9 N–H and O–H groups in total. The van der Waals surface area contributed by atoms with Gasteiger partial charge in [0.25, 0.3) is 0 Å². The maximum absolute atomic E-state index is 12.2. The van der Waals surface area contributed by atoms with Gasteiger partial charge in [-0.3, -0.25) is 4.79 Å². The second kappa shape index (κ2) is 20.8. The molecule has 0 aliphatic carbocycles. The van der Waals surface area contributed by atoms with Gasteiger partial charge >= 0.3 is 11.9 Å². The number of nitrogens with two attached hydrogens (primary N) is 1. The number of hydrogen-bond donors (Lipinski definition) is 8. The molecule has 0 aromatic carbocycles. The first-order valence-electron chi connectivity index (χ1n) is 16.6. The molecule has 0 radical (unpaired) electrons. The van der Waals surface area contributed by atoms with Crippen molar-refractivity contribution in [2.75, 3.05) is 13.7 Å². The monoisotopic (exact) mass is 697 g/mol. The topological polar surface area (TPSA) is 239 Å². The van der Waals surface area contributed by atoms with Crippen LogP contribution in [-0.4, -0.2) is 128 Å². The summed E-state index contributed by atoms with van der Waals surface area (Å²) in [7, 11) is 1.39. The highest BCUT2D eigenvalue weighted by Gasteiger charge is 2.50. The van der Waals surface area contributed by atoms with Crippen molar-refractivity contribution in [1.82, 2.24) is 0 Å². The Bertz CT molecular complexity index is 1170. The minimum Gasteiger partial charge on any atom is -0.481 e. The normalized spacial score (nSPS) is 38.4. The molecule has 0 aromatic heterocycles. The number of fused-ring (bicyclic) bond motifs is 2. The molecule has 278 valence electrons. The molecule has 0 spiro atoms. The largest absolute Gasteiger partial charge is 0.481 e. The van der Waals surface area contributed by atoms with Gasteiger partial charge in [-0.1, -0.05) is 61.6 Å². The van der Waals surface area contributed by atoms with Gasteiger partial charge < -0.3 is 60.4 Å². The Balaban J connectivity index is 2.38. The van der Waals surface area contributed by atoms with E-state index in [0.29, 0.717) is 0 Å². The van der Waals surface area contributed by atoms with Crippen LogP contribution >= 0.6 is 0 Å². The SMILES string of the molecule is CO[C@H](C)[C@@H](O)[C@H](N)[C@H](O)CO[C@H]1/C=C/C=C/C=C/C=C/[C@H](C)[C@@H](C)OC(=O)/C=C/C[C@H](O)C[C@H](O)C[C@]2(O)C[C@H](O)[C@@H](C(=O)O)[C@H](C1)O2. The van der Waals surface area contributed by atoms with Crippen molar-refractivity contribution in [2.45, 2.75) is 120 Å². The Hall–Kier alpha value is -2.76. The third-order valence-corrected chi connectivity index (χ3v) is 8.74. The summed E-state index contributed by atoms with van der Waals surface area (Å²) < 4.78 is 22.3. The molecule has 14 heteroatoms. The smallest absolute Gasteiger partial charge is 0.330 e. The first-order valence-corrected chi connectivity index (χ1v) is 16.6. The second-order valence-corrected chi connectivity index (χ2v) is 12.8. The average molecular weight is 698 g/mol. The van der Waals surface area contributed by atoms with Crippen LogP contribution in [0.2, 0.25) is 0 Å². The number of esters is 1. The summed E-state index contributed by atoms with van der Waals surface area (Å²) in [5.41, 5.74) is 6.02. The number of rotatable bonds is 8. The lowest BCUT2D eigenvalue weighted by Gasteiger charge is -2.44. The van der Waals surface area contributed by atoms with Gasteiger partial charge in [-0.05, 0) is 26.7 Å². The van der Waals surface area contributed by atoms with E-state index < -0.39 is 97.5 Å². The zero-order chi connectivity index (χ0) is 36.7. The van der Waals surface area contributed by atoms with E-state index in [1.165, 1.54) is 19.3 Å². The van der Waals surface area contributed by atoms with Crippen molar-refractivity contribution in [3.63, 3.8) is 0 Å². The number of aliphatic carboxylic acids is 1. The van der Waals surface area contributed by atoms with Gasteiger partial charge in [0.15, 0.2) is 5.79 Å². The number of carboxylic acid groups (broad SMARTS) is 1. The number of ether oxygens (including phenoxy) is 4. The molecule has 0 saturated carbocycles. The van der Waals surface area contributed by atoms with Gasteiger partial charge in [-0.15, -0.1) is 0 Å². The third kappa shape index (κ3) is 14.6. The van der Waals surface area contributed by atoms with E-state index in [9.17, 15) is 45.3 Å². The summed E-state index contributed by atoms with van der Waals surface area (Å²) in [6.45, 7) is 4.87. The van der Waals surface area contributed by atoms with Crippen molar-refractivity contribution >= 4 is 11.9 Å². The van der Waals surface area contributed by atoms with Gasteiger partial charge in [0.05, 0.1) is 61.5 Å². The number of carboxylic acids is 1. The highest BCUT2D eigenvalue weighted by Crippen LogP contribution is 2.37. The maximum atomic E-state index is 12.2. The fourth-order valence-electron chi connectivity index (χ4n) is 5.55. The van der Waals surface area contributed by atoms with Gasteiger partial charge in [0.1, 0.15) is 12.0 Å². The Morgan fingerprint density at radius 3 is 2.29 bits per heavy atom. The Kier molecular flexibility index (Phi) is 18.0. The molecular weight excluding hydrogens is 642 g/mol. The van der Waals surface area contributed by atoms with Gasteiger partial charge in [0, 0.05) is 38.4 Å². The molecule has 0 amide bonds. The standard InChI is InChI=1S/C35H55NO13/c1-21-12-9-7-5-6-8-10-14-26(47-20-28(40)32(36)33(42)23(3)46-4)17-29-31(34(43)44)27(39)19-35(45,49-29)18-25(38)16-24(37)13-11-15-30(41)48-22(21)2/h5-12,14-15,21-29,31-33,37-40,42,45H,13,16-20,36H2,1-4H3,(H,43,44)/b7-5+,8-6+,12-9+,14-10+,15-11+/t21-,22+,23+,24-,25-,26-,27-,28+,29-,31+,32+,33+,35+/m0/s1. The van der Waals surface area contributed by atoms with E-state index in [2.05, 4.69) is 0 Å². The van der Waals surface area contributed by atoms with E-state index in [-0.39, 0.29) is 31.8 Å². The van der Waals surface area contributed by atoms with Crippen LogP contribution in [0.4, 0.5) is 0 Å². The van der Waals surface area contributed by atoms with E-state index in [1.54, 1.807) is 56.4 Å². The minimum atomic E-state index is -2.16. The van der Waals surface area contributed by atoms with Gasteiger partial charge in [0.2, 0.25) is 0 Å². The molecule has 2 aliphatic rings. The van der Waals surface area contributed by atoms with Crippen molar-refractivity contribution in [1.29, 1.82) is 0 Å². The van der Waals surface area contributed by atoms with E-state index >= 15 is 0 Å². The van der Waals surface area contributed by atoms with Gasteiger partial charge in [-0.2, -0.15) is 0 Å². The van der Waals surface area contributed by atoms with Crippen LogP contribution in [0.3, 0.4) is 0 Å². The fraction of sp³-hybridized carbons (Fsp3) is 0.657. The number of cyclic esters (lactones) is 1. The van der Waals surface area contributed by atoms with E-state index in [1.807, 2.05) is 13.0 Å². The molecule has 2 aliphatic heterocycles. The highest BCUT2D eigenvalue weighted by atomic mass is 16.6. The second-order valence-electron chi connectivity index (χ2n) is 12.8. The maximum Gasteiger partial charge on any atom is 0.330 e. The zero-order valence-electron chi connectivity index (χ0n) is 28.6. The summed E-state index contributed by atoms with van der Waals surface area (Å²) in [4.78, 5) is 24.5. The molecule has 2 heterocycles. The molecular formula is C35H55NO13.